The van der Waals surface area contributed by atoms with Gasteiger partial charge < -0.3 is 4.90 Å². The number of hydrogen-bond donors (Lipinski definition) is 0. The summed E-state index contributed by atoms with van der Waals surface area (Å²) in [6, 6.07) is 8.49. The highest BCUT2D eigenvalue weighted by Gasteiger charge is 2.49. The van der Waals surface area contributed by atoms with Crippen molar-refractivity contribution in [3.8, 4) is 6.07 Å². The minimum absolute atomic E-state index is 0.00134. The van der Waals surface area contributed by atoms with E-state index in [0.717, 1.165) is 0 Å². The zero-order valence-corrected chi connectivity index (χ0v) is 14.2. The molecular weight excluding hydrogens is 358 g/mol. The maximum Gasteiger partial charge on any atom is 0.262 e. The van der Waals surface area contributed by atoms with Gasteiger partial charge in [-0.1, -0.05) is 35.5 Å². The van der Waals surface area contributed by atoms with Crippen molar-refractivity contribution in [1.29, 1.82) is 5.26 Å². The fourth-order valence-electron chi connectivity index (χ4n) is 2.71. The highest BCUT2D eigenvalue weighted by atomic mass is 35.5. The fourth-order valence-corrected chi connectivity index (χ4v) is 6.86. The first kappa shape index (κ1) is 16.3. The molecule has 0 radical (unpaired) electrons. The summed E-state index contributed by atoms with van der Waals surface area (Å²) in [5.41, 5.74) is 0.620. The molecule has 1 amide bonds. The van der Waals surface area contributed by atoms with E-state index in [0.29, 0.717) is 15.9 Å². The highest BCUT2D eigenvalue weighted by Crippen LogP contribution is 2.42. The van der Waals surface area contributed by atoms with Crippen LogP contribution < -0.4 is 4.90 Å². The number of carbonyl (C=O) groups is 1. The number of halogens is 1. The summed E-state index contributed by atoms with van der Waals surface area (Å²) in [6.45, 7) is 0. The van der Waals surface area contributed by atoms with Crippen molar-refractivity contribution < 1.29 is 13.2 Å². The van der Waals surface area contributed by atoms with Crippen LogP contribution in [0, 0.1) is 11.3 Å². The summed E-state index contributed by atoms with van der Waals surface area (Å²) in [4.78, 5) is 17.4. The second kappa shape index (κ2) is 6.15. The van der Waals surface area contributed by atoms with Crippen LogP contribution in [0.4, 0.5) is 5.69 Å². The summed E-state index contributed by atoms with van der Waals surface area (Å²) in [5, 5.41) is 9.28. The number of aliphatic imine (C=N–C) groups is 1. The number of nitriles is 1. The molecule has 1 aromatic carbocycles. The maximum atomic E-state index is 11.9. The van der Waals surface area contributed by atoms with Crippen molar-refractivity contribution in [1.82, 2.24) is 0 Å². The Balaban J connectivity index is 2.03. The van der Waals surface area contributed by atoms with Crippen LogP contribution in [0.15, 0.2) is 29.3 Å². The standard InChI is InChI=1S/C14H12ClN3O3S2/c15-9-3-1-2-4-10(9)18-11-7-23(20,21)8-12(11)22-14(18)17-13(19)5-6-16/h1-4,11-12H,5,7-8H2/t11-,12-/m1/s1. The molecule has 2 atom stereocenters. The van der Waals surface area contributed by atoms with Gasteiger partial charge in [0, 0.05) is 5.25 Å². The van der Waals surface area contributed by atoms with E-state index in [4.69, 9.17) is 16.9 Å². The Morgan fingerprint density at radius 2 is 2.17 bits per heavy atom. The number of para-hydroxylation sites is 1. The summed E-state index contributed by atoms with van der Waals surface area (Å²) in [5.74, 6) is -0.495. The van der Waals surface area contributed by atoms with Gasteiger partial charge in [-0.3, -0.25) is 4.79 Å². The molecule has 6 nitrogen and oxygen atoms in total. The summed E-state index contributed by atoms with van der Waals surface area (Å²) < 4.78 is 23.8. The van der Waals surface area contributed by atoms with E-state index in [1.54, 1.807) is 35.2 Å². The van der Waals surface area contributed by atoms with E-state index in [1.165, 1.54) is 11.8 Å². The monoisotopic (exact) mass is 369 g/mol. The number of nitrogens with zero attached hydrogens (tertiary/aromatic N) is 3. The van der Waals surface area contributed by atoms with Gasteiger partial charge in [0.05, 0.1) is 34.3 Å². The molecule has 0 spiro atoms. The van der Waals surface area contributed by atoms with Crippen molar-refractivity contribution in [2.45, 2.75) is 17.7 Å². The zero-order chi connectivity index (χ0) is 16.6. The number of amidine groups is 1. The van der Waals surface area contributed by atoms with Gasteiger partial charge in [0.1, 0.15) is 6.42 Å². The molecule has 2 fully saturated rings. The van der Waals surface area contributed by atoms with E-state index in [2.05, 4.69) is 4.99 Å². The number of carbonyl (C=O) groups excluding carboxylic acids is 1. The van der Waals surface area contributed by atoms with Gasteiger partial charge >= 0.3 is 0 Å². The first-order valence-electron chi connectivity index (χ1n) is 6.80. The Labute approximate surface area is 143 Å². The van der Waals surface area contributed by atoms with E-state index in [-0.39, 0.29) is 29.2 Å². The average molecular weight is 370 g/mol. The van der Waals surface area contributed by atoms with Crippen LogP contribution >= 0.6 is 23.4 Å². The molecule has 0 aromatic heterocycles. The predicted octanol–water partition coefficient (Wildman–Crippen LogP) is 1.86. The Hall–Kier alpha value is -1.56. The third-order valence-electron chi connectivity index (χ3n) is 3.63. The summed E-state index contributed by atoms with van der Waals surface area (Å²) in [6.07, 6.45) is -0.311. The van der Waals surface area contributed by atoms with Crippen LogP contribution in [0.25, 0.3) is 0 Å². The first-order chi connectivity index (χ1) is 10.9. The van der Waals surface area contributed by atoms with Crippen molar-refractivity contribution in [2.24, 2.45) is 4.99 Å². The Morgan fingerprint density at radius 3 is 2.87 bits per heavy atom. The molecule has 2 aliphatic heterocycles. The predicted molar refractivity (Wildman–Crippen MR) is 90.4 cm³/mol. The number of thioether (sulfide) groups is 1. The third-order valence-corrected chi connectivity index (χ3v) is 7.16. The number of anilines is 1. The van der Waals surface area contributed by atoms with Crippen molar-refractivity contribution >= 4 is 50.0 Å². The van der Waals surface area contributed by atoms with Crippen LogP contribution in [-0.2, 0) is 14.6 Å². The number of rotatable bonds is 2. The lowest BCUT2D eigenvalue weighted by molar-refractivity contribution is -0.116. The highest BCUT2D eigenvalue weighted by molar-refractivity contribution is 8.16. The van der Waals surface area contributed by atoms with E-state index in [1.807, 2.05) is 0 Å². The smallest absolute Gasteiger partial charge is 0.262 e. The molecule has 2 saturated heterocycles. The summed E-state index contributed by atoms with van der Waals surface area (Å²) in [7, 11) is -3.12. The van der Waals surface area contributed by atoms with Crippen molar-refractivity contribution in [3.05, 3.63) is 29.3 Å². The number of hydrogen-bond acceptors (Lipinski definition) is 5. The molecule has 23 heavy (non-hydrogen) atoms. The largest absolute Gasteiger partial charge is 0.314 e. The van der Waals surface area contributed by atoms with Crippen molar-refractivity contribution in [2.75, 3.05) is 16.4 Å². The van der Waals surface area contributed by atoms with Crippen LogP contribution in [-0.4, -0.2) is 42.3 Å². The molecule has 1 aromatic rings. The average Bonchev–Trinajstić information content (AvgIpc) is 2.91. The molecule has 0 aliphatic carbocycles. The molecule has 0 saturated carbocycles. The second-order valence-electron chi connectivity index (χ2n) is 5.24. The zero-order valence-electron chi connectivity index (χ0n) is 11.8. The molecule has 2 heterocycles. The van der Waals surface area contributed by atoms with E-state index in [9.17, 15) is 13.2 Å². The lowest BCUT2D eigenvalue weighted by atomic mass is 10.2. The molecule has 9 heteroatoms. The molecular formula is C14H12ClN3O3S2. The first-order valence-corrected chi connectivity index (χ1v) is 9.88. The molecule has 2 aliphatic rings. The van der Waals surface area contributed by atoms with Crippen LogP contribution in [0.2, 0.25) is 5.02 Å². The fraction of sp³-hybridized carbons (Fsp3) is 0.357. The molecule has 120 valence electrons. The van der Waals surface area contributed by atoms with Crippen LogP contribution in [0.3, 0.4) is 0 Å². The molecule has 0 N–H and O–H groups in total. The van der Waals surface area contributed by atoms with Crippen LogP contribution in [0.1, 0.15) is 6.42 Å². The number of fused-ring (bicyclic) bond motifs is 1. The van der Waals surface area contributed by atoms with E-state index >= 15 is 0 Å². The van der Waals surface area contributed by atoms with Gasteiger partial charge in [-0.2, -0.15) is 10.3 Å². The second-order valence-corrected chi connectivity index (χ2v) is 9.01. The number of sulfone groups is 1. The summed E-state index contributed by atoms with van der Waals surface area (Å²) >= 11 is 7.49. The SMILES string of the molecule is N#CCC(=O)N=C1S[C@@H]2CS(=O)(=O)C[C@H]2N1c1ccccc1Cl. The molecule has 0 bridgehead atoms. The Morgan fingerprint density at radius 1 is 1.43 bits per heavy atom. The van der Waals surface area contributed by atoms with Crippen LogP contribution in [0.5, 0.6) is 0 Å². The Bertz CT molecular complexity index is 832. The normalized spacial score (nSPS) is 27.0. The quantitative estimate of drug-likeness (QED) is 0.790. The Kier molecular flexibility index (Phi) is 4.36. The van der Waals surface area contributed by atoms with Crippen molar-refractivity contribution in [3.63, 3.8) is 0 Å². The van der Waals surface area contributed by atoms with Gasteiger partial charge in [-0.05, 0) is 12.1 Å². The lowest BCUT2D eigenvalue weighted by Gasteiger charge is -2.25. The van der Waals surface area contributed by atoms with Gasteiger partial charge in [0.25, 0.3) is 5.91 Å². The minimum atomic E-state index is -3.12. The third kappa shape index (κ3) is 3.22. The maximum absolute atomic E-state index is 11.9. The van der Waals surface area contributed by atoms with Gasteiger partial charge in [-0.15, -0.1) is 0 Å². The van der Waals surface area contributed by atoms with Gasteiger partial charge in [0.2, 0.25) is 0 Å². The van der Waals surface area contributed by atoms with E-state index < -0.39 is 15.7 Å². The minimum Gasteiger partial charge on any atom is -0.314 e. The van der Waals surface area contributed by atoms with Gasteiger partial charge in [0.15, 0.2) is 15.0 Å². The lowest BCUT2D eigenvalue weighted by Crippen LogP contribution is -2.37. The topological polar surface area (TPSA) is 90.6 Å². The van der Waals surface area contributed by atoms with Gasteiger partial charge in [-0.25, -0.2) is 8.42 Å². The number of amides is 1. The molecule has 3 rings (SSSR count). The number of benzene rings is 1. The molecule has 0 unspecified atom stereocenters.